The molecule has 0 bridgehead atoms. The highest BCUT2D eigenvalue weighted by Gasteiger charge is 2.27. The zero-order valence-electron chi connectivity index (χ0n) is 14.2. The van der Waals surface area contributed by atoms with Gasteiger partial charge in [-0.2, -0.15) is 0 Å². The molecule has 24 heavy (non-hydrogen) atoms. The third-order valence-corrected chi connectivity index (χ3v) is 4.94. The Bertz CT molecular complexity index is 822. The molecule has 2 aromatic rings. The number of rotatable bonds is 4. The Balaban J connectivity index is 2.27. The first kappa shape index (κ1) is 16.2. The van der Waals surface area contributed by atoms with Crippen molar-refractivity contribution in [2.24, 2.45) is 0 Å². The van der Waals surface area contributed by atoms with Gasteiger partial charge in [0.05, 0.1) is 6.42 Å². The number of aliphatic carboxylic acids is 1. The van der Waals surface area contributed by atoms with Crippen molar-refractivity contribution < 1.29 is 14.7 Å². The van der Waals surface area contributed by atoms with Crippen molar-refractivity contribution in [1.82, 2.24) is 4.90 Å². The summed E-state index contributed by atoms with van der Waals surface area (Å²) in [5.41, 5.74) is 8.40. The van der Waals surface area contributed by atoms with E-state index in [-0.39, 0.29) is 6.42 Å². The molecule has 0 saturated heterocycles. The van der Waals surface area contributed by atoms with Crippen molar-refractivity contribution in [2.75, 3.05) is 0 Å². The van der Waals surface area contributed by atoms with Gasteiger partial charge in [0.1, 0.15) is 0 Å². The minimum atomic E-state index is -0.837. The highest BCUT2D eigenvalue weighted by Crippen LogP contribution is 2.39. The van der Waals surface area contributed by atoms with Crippen LogP contribution >= 0.6 is 0 Å². The number of aryl methyl sites for hydroxylation is 1. The molecule has 3 rings (SSSR count). The first-order chi connectivity index (χ1) is 11.4. The average molecular weight is 323 g/mol. The van der Waals surface area contributed by atoms with Gasteiger partial charge in [-0.3, -0.25) is 9.59 Å². The van der Waals surface area contributed by atoms with Crippen LogP contribution in [0.2, 0.25) is 0 Å². The Labute approximate surface area is 141 Å². The molecule has 1 heterocycles. The SMILES string of the molecule is Cc1ccc(-c2c(C)c3c(c(C)c2CC(=O)O)CN(C=O)C3)cc1. The van der Waals surface area contributed by atoms with Crippen molar-refractivity contribution in [3.05, 3.63) is 57.6 Å². The summed E-state index contributed by atoms with van der Waals surface area (Å²) in [6, 6.07) is 8.17. The maximum absolute atomic E-state index is 11.4. The smallest absolute Gasteiger partial charge is 0.307 e. The molecule has 0 aliphatic carbocycles. The number of hydrogen-bond donors (Lipinski definition) is 1. The molecule has 124 valence electrons. The van der Waals surface area contributed by atoms with Crippen molar-refractivity contribution in [3.63, 3.8) is 0 Å². The zero-order chi connectivity index (χ0) is 17.4. The molecule has 1 aliphatic heterocycles. The molecule has 0 unspecified atom stereocenters. The summed E-state index contributed by atoms with van der Waals surface area (Å²) < 4.78 is 0. The molecule has 1 amide bonds. The summed E-state index contributed by atoms with van der Waals surface area (Å²) in [5.74, 6) is -0.837. The Morgan fingerprint density at radius 2 is 1.67 bits per heavy atom. The molecule has 1 N–H and O–H groups in total. The van der Waals surface area contributed by atoms with Gasteiger partial charge in [0.15, 0.2) is 0 Å². The monoisotopic (exact) mass is 323 g/mol. The van der Waals surface area contributed by atoms with Crippen LogP contribution < -0.4 is 0 Å². The largest absolute Gasteiger partial charge is 0.481 e. The second-order valence-electron chi connectivity index (χ2n) is 6.51. The zero-order valence-corrected chi connectivity index (χ0v) is 14.2. The van der Waals surface area contributed by atoms with E-state index in [0.29, 0.717) is 13.1 Å². The number of carboxylic acids is 1. The second kappa shape index (κ2) is 6.11. The number of carboxylic acid groups (broad SMARTS) is 1. The number of hydrogen-bond acceptors (Lipinski definition) is 2. The average Bonchev–Trinajstić information content (AvgIpc) is 2.98. The lowest BCUT2D eigenvalue weighted by Gasteiger charge is -2.19. The van der Waals surface area contributed by atoms with E-state index in [1.54, 1.807) is 4.90 Å². The van der Waals surface area contributed by atoms with E-state index in [0.717, 1.165) is 45.4 Å². The van der Waals surface area contributed by atoms with Gasteiger partial charge in [-0.05, 0) is 59.7 Å². The number of carbonyl (C=O) groups is 2. The predicted molar refractivity (Wildman–Crippen MR) is 92.7 cm³/mol. The maximum atomic E-state index is 11.4. The molecular weight excluding hydrogens is 302 g/mol. The molecule has 0 aromatic heterocycles. The second-order valence-corrected chi connectivity index (χ2v) is 6.51. The van der Waals surface area contributed by atoms with Crippen molar-refractivity contribution in [3.8, 4) is 11.1 Å². The van der Waals surface area contributed by atoms with Gasteiger partial charge in [0.2, 0.25) is 6.41 Å². The number of fused-ring (bicyclic) bond motifs is 1. The number of carbonyl (C=O) groups excluding carboxylic acids is 1. The van der Waals surface area contributed by atoms with Gasteiger partial charge in [-0.15, -0.1) is 0 Å². The third-order valence-electron chi connectivity index (χ3n) is 4.94. The standard InChI is InChI=1S/C20H21NO3/c1-12-4-6-15(7-5-12)20-14(3)18-10-21(11-22)9-17(18)13(2)16(20)8-19(23)24/h4-7,11H,8-10H2,1-3H3,(H,23,24). The van der Waals surface area contributed by atoms with Gasteiger partial charge >= 0.3 is 5.97 Å². The van der Waals surface area contributed by atoms with E-state index >= 15 is 0 Å². The highest BCUT2D eigenvalue weighted by atomic mass is 16.4. The Morgan fingerprint density at radius 3 is 2.21 bits per heavy atom. The lowest BCUT2D eigenvalue weighted by molar-refractivity contribution is -0.136. The normalized spacial score (nSPS) is 13.0. The fourth-order valence-electron chi connectivity index (χ4n) is 3.65. The lowest BCUT2D eigenvalue weighted by Crippen LogP contribution is -2.13. The number of benzene rings is 2. The number of nitrogens with zero attached hydrogens (tertiary/aromatic N) is 1. The molecule has 0 fully saturated rings. The minimum absolute atomic E-state index is 0.00967. The van der Waals surface area contributed by atoms with Gasteiger partial charge in [0, 0.05) is 13.1 Å². The quantitative estimate of drug-likeness (QED) is 0.878. The van der Waals surface area contributed by atoms with Gasteiger partial charge in [-0.1, -0.05) is 29.8 Å². The highest BCUT2D eigenvalue weighted by molar-refractivity contribution is 5.81. The van der Waals surface area contributed by atoms with E-state index in [2.05, 4.69) is 0 Å². The van der Waals surface area contributed by atoms with Crippen LogP contribution in [0, 0.1) is 20.8 Å². The van der Waals surface area contributed by atoms with Crippen LogP contribution in [-0.4, -0.2) is 22.4 Å². The third kappa shape index (κ3) is 2.68. The van der Waals surface area contributed by atoms with E-state index < -0.39 is 5.97 Å². The van der Waals surface area contributed by atoms with Gasteiger partial charge in [0.25, 0.3) is 0 Å². The number of amides is 1. The van der Waals surface area contributed by atoms with Crippen molar-refractivity contribution in [1.29, 1.82) is 0 Å². The molecule has 0 radical (unpaired) electrons. The van der Waals surface area contributed by atoms with Gasteiger partial charge < -0.3 is 10.0 Å². The Morgan fingerprint density at radius 1 is 1.08 bits per heavy atom. The predicted octanol–water partition coefficient (Wildman–Crippen LogP) is 3.38. The van der Waals surface area contributed by atoms with E-state index in [1.165, 1.54) is 5.56 Å². The van der Waals surface area contributed by atoms with Crippen LogP contribution in [0.25, 0.3) is 11.1 Å². The van der Waals surface area contributed by atoms with Crippen molar-refractivity contribution >= 4 is 12.4 Å². The topological polar surface area (TPSA) is 57.6 Å². The first-order valence-electron chi connectivity index (χ1n) is 8.04. The summed E-state index contributed by atoms with van der Waals surface area (Å²) in [7, 11) is 0. The lowest BCUT2D eigenvalue weighted by atomic mass is 9.84. The van der Waals surface area contributed by atoms with Crippen LogP contribution in [0.15, 0.2) is 24.3 Å². The van der Waals surface area contributed by atoms with Crippen LogP contribution in [-0.2, 0) is 29.1 Å². The summed E-state index contributed by atoms with van der Waals surface area (Å²) >= 11 is 0. The van der Waals surface area contributed by atoms with E-state index in [1.807, 2.05) is 45.0 Å². The fraction of sp³-hybridized carbons (Fsp3) is 0.300. The molecule has 2 aromatic carbocycles. The summed E-state index contributed by atoms with van der Waals surface area (Å²) in [6.07, 6.45) is 0.853. The first-order valence-corrected chi connectivity index (χ1v) is 8.04. The van der Waals surface area contributed by atoms with Crippen LogP contribution in [0.4, 0.5) is 0 Å². The molecule has 0 spiro atoms. The molecule has 0 atom stereocenters. The maximum Gasteiger partial charge on any atom is 0.307 e. The summed E-state index contributed by atoms with van der Waals surface area (Å²) in [5, 5.41) is 9.38. The van der Waals surface area contributed by atoms with Crippen molar-refractivity contribution in [2.45, 2.75) is 40.3 Å². The minimum Gasteiger partial charge on any atom is -0.481 e. The molecule has 0 saturated carbocycles. The van der Waals surface area contributed by atoms with Crippen LogP contribution in [0.5, 0.6) is 0 Å². The molecule has 4 heteroatoms. The van der Waals surface area contributed by atoms with Gasteiger partial charge in [-0.25, -0.2) is 0 Å². The summed E-state index contributed by atoms with van der Waals surface area (Å²) in [4.78, 5) is 24.3. The fourth-order valence-corrected chi connectivity index (χ4v) is 3.65. The van der Waals surface area contributed by atoms with Crippen LogP contribution in [0.1, 0.15) is 33.4 Å². The Hall–Kier alpha value is -2.62. The molecule has 1 aliphatic rings. The summed E-state index contributed by atoms with van der Waals surface area (Å²) in [6.45, 7) is 7.20. The molecular formula is C20H21NO3. The molecule has 4 nitrogen and oxygen atoms in total. The Kier molecular flexibility index (Phi) is 4.14. The van der Waals surface area contributed by atoms with E-state index in [4.69, 9.17) is 0 Å². The van der Waals surface area contributed by atoms with E-state index in [9.17, 15) is 14.7 Å². The van der Waals surface area contributed by atoms with Crippen LogP contribution in [0.3, 0.4) is 0 Å².